The Morgan fingerprint density at radius 2 is 2.00 bits per heavy atom. The van der Waals surface area contributed by atoms with Crippen LogP contribution in [0.15, 0.2) is 24.3 Å². The predicted molar refractivity (Wildman–Crippen MR) is 79.1 cm³/mol. The zero-order valence-electron chi connectivity index (χ0n) is 12.0. The zero-order valence-corrected chi connectivity index (χ0v) is 12.0. The molecule has 3 heteroatoms. The van der Waals surface area contributed by atoms with E-state index < -0.39 is 0 Å². The highest BCUT2D eigenvalue weighted by atomic mass is 15.3. The molecule has 3 nitrogen and oxygen atoms in total. The third-order valence-corrected chi connectivity index (χ3v) is 4.78. The molecule has 1 aromatic rings. The van der Waals surface area contributed by atoms with Crippen molar-refractivity contribution in [3.63, 3.8) is 0 Å². The summed E-state index contributed by atoms with van der Waals surface area (Å²) in [6.07, 6.45) is 2.37. The largest absolute Gasteiger partial charge is 0.323 e. The average Bonchev–Trinajstić information content (AvgIpc) is 2.62. The van der Waals surface area contributed by atoms with Crippen LogP contribution in [0.3, 0.4) is 0 Å². The highest BCUT2D eigenvalue weighted by Crippen LogP contribution is 2.34. The van der Waals surface area contributed by atoms with Gasteiger partial charge in [-0.05, 0) is 44.5 Å². The second-order valence-corrected chi connectivity index (χ2v) is 6.20. The van der Waals surface area contributed by atoms with Crippen molar-refractivity contribution < 1.29 is 0 Å². The molecule has 0 spiro atoms. The van der Waals surface area contributed by atoms with Gasteiger partial charge in [-0.25, -0.2) is 0 Å². The van der Waals surface area contributed by atoms with Crippen LogP contribution in [0, 0.1) is 0 Å². The second kappa shape index (κ2) is 5.23. The van der Waals surface area contributed by atoms with E-state index in [1.807, 2.05) is 0 Å². The molecule has 3 rings (SSSR count). The molecule has 0 bridgehead atoms. The first-order chi connectivity index (χ1) is 9.16. The SMILES string of the molecule is CC1CN(C)CCCN1C1Cc2ccccc2C1N. The number of fused-ring (bicyclic) bond motifs is 1. The summed E-state index contributed by atoms with van der Waals surface area (Å²) in [5, 5.41) is 0. The van der Waals surface area contributed by atoms with Gasteiger partial charge < -0.3 is 10.6 Å². The fourth-order valence-electron chi connectivity index (χ4n) is 3.81. The van der Waals surface area contributed by atoms with E-state index >= 15 is 0 Å². The maximum absolute atomic E-state index is 6.51. The van der Waals surface area contributed by atoms with Gasteiger partial charge in [0.05, 0.1) is 0 Å². The minimum Gasteiger partial charge on any atom is -0.323 e. The molecule has 1 aromatic carbocycles. The summed E-state index contributed by atoms with van der Waals surface area (Å²) in [4.78, 5) is 5.09. The van der Waals surface area contributed by atoms with Gasteiger partial charge >= 0.3 is 0 Å². The third-order valence-electron chi connectivity index (χ3n) is 4.78. The highest BCUT2D eigenvalue weighted by molar-refractivity contribution is 5.37. The van der Waals surface area contributed by atoms with E-state index in [2.05, 4.69) is 48.0 Å². The fourth-order valence-corrected chi connectivity index (χ4v) is 3.81. The van der Waals surface area contributed by atoms with Gasteiger partial charge in [-0.2, -0.15) is 0 Å². The molecule has 1 heterocycles. The summed E-state index contributed by atoms with van der Waals surface area (Å²) in [6.45, 7) is 5.88. The van der Waals surface area contributed by atoms with E-state index in [0.29, 0.717) is 12.1 Å². The Morgan fingerprint density at radius 1 is 1.21 bits per heavy atom. The van der Waals surface area contributed by atoms with E-state index in [9.17, 15) is 0 Å². The molecule has 1 aliphatic carbocycles. The molecule has 104 valence electrons. The summed E-state index contributed by atoms with van der Waals surface area (Å²) in [6, 6.07) is 9.95. The molecule has 2 aliphatic rings. The highest BCUT2D eigenvalue weighted by Gasteiger charge is 2.36. The quantitative estimate of drug-likeness (QED) is 0.832. The molecule has 19 heavy (non-hydrogen) atoms. The van der Waals surface area contributed by atoms with Crippen molar-refractivity contribution in [1.29, 1.82) is 0 Å². The van der Waals surface area contributed by atoms with Crippen LogP contribution < -0.4 is 5.73 Å². The van der Waals surface area contributed by atoms with Crippen molar-refractivity contribution in [3.8, 4) is 0 Å². The molecule has 0 saturated carbocycles. The van der Waals surface area contributed by atoms with Gasteiger partial charge in [0, 0.05) is 31.2 Å². The normalized spacial score (nSPS) is 33.1. The molecule has 1 fully saturated rings. The number of nitrogens with two attached hydrogens (primary N) is 1. The van der Waals surface area contributed by atoms with Crippen LogP contribution in [0.4, 0.5) is 0 Å². The number of rotatable bonds is 1. The van der Waals surface area contributed by atoms with Crippen LogP contribution in [0.25, 0.3) is 0 Å². The van der Waals surface area contributed by atoms with Crippen molar-refractivity contribution in [1.82, 2.24) is 9.80 Å². The predicted octanol–water partition coefficient (Wildman–Crippen LogP) is 1.64. The van der Waals surface area contributed by atoms with E-state index in [0.717, 1.165) is 13.0 Å². The van der Waals surface area contributed by atoms with E-state index in [4.69, 9.17) is 5.73 Å². The summed E-state index contributed by atoms with van der Waals surface area (Å²) < 4.78 is 0. The number of nitrogens with zero attached hydrogens (tertiary/aromatic N) is 2. The van der Waals surface area contributed by atoms with Crippen molar-refractivity contribution in [2.75, 3.05) is 26.7 Å². The number of likely N-dealkylation sites (N-methyl/N-ethyl adjacent to an activating group) is 1. The third kappa shape index (κ3) is 2.42. The van der Waals surface area contributed by atoms with Gasteiger partial charge in [0.25, 0.3) is 0 Å². The van der Waals surface area contributed by atoms with Gasteiger partial charge in [-0.15, -0.1) is 0 Å². The molecule has 1 saturated heterocycles. The van der Waals surface area contributed by atoms with Crippen molar-refractivity contribution in [2.24, 2.45) is 5.73 Å². The van der Waals surface area contributed by atoms with Crippen LogP contribution in [0.2, 0.25) is 0 Å². The molecule has 3 unspecified atom stereocenters. The molecule has 2 N–H and O–H groups in total. The Labute approximate surface area is 116 Å². The van der Waals surface area contributed by atoms with Crippen LogP contribution in [-0.2, 0) is 6.42 Å². The molecular formula is C16H25N3. The number of hydrogen-bond acceptors (Lipinski definition) is 3. The Hall–Kier alpha value is -0.900. The van der Waals surface area contributed by atoms with Gasteiger partial charge in [-0.3, -0.25) is 4.90 Å². The van der Waals surface area contributed by atoms with Crippen LogP contribution in [0.5, 0.6) is 0 Å². The van der Waals surface area contributed by atoms with E-state index in [1.54, 1.807) is 0 Å². The van der Waals surface area contributed by atoms with E-state index in [1.165, 1.54) is 30.6 Å². The first-order valence-corrected chi connectivity index (χ1v) is 7.44. The lowest BCUT2D eigenvalue weighted by Crippen LogP contribution is -2.48. The van der Waals surface area contributed by atoms with Crippen LogP contribution >= 0.6 is 0 Å². The summed E-state index contributed by atoms with van der Waals surface area (Å²) >= 11 is 0. The Balaban J connectivity index is 1.80. The smallest absolute Gasteiger partial charge is 0.0459 e. The number of benzene rings is 1. The Morgan fingerprint density at radius 3 is 2.79 bits per heavy atom. The minimum atomic E-state index is 0.182. The molecule has 1 aliphatic heterocycles. The molecule has 0 radical (unpaired) electrons. The summed E-state index contributed by atoms with van der Waals surface area (Å²) in [7, 11) is 2.23. The summed E-state index contributed by atoms with van der Waals surface area (Å²) in [5.41, 5.74) is 9.32. The van der Waals surface area contributed by atoms with Crippen molar-refractivity contribution >= 4 is 0 Å². The molecular weight excluding hydrogens is 234 g/mol. The average molecular weight is 259 g/mol. The first kappa shape index (κ1) is 13.1. The number of hydrogen-bond donors (Lipinski definition) is 1. The molecule has 0 amide bonds. The summed E-state index contributed by atoms with van der Waals surface area (Å²) in [5.74, 6) is 0. The standard InChI is InChI=1S/C16H25N3/c1-12-11-18(2)8-5-9-19(12)15-10-13-6-3-4-7-14(13)16(15)17/h3-4,6-7,12,15-16H,5,8-11,17H2,1-2H3. The minimum absolute atomic E-state index is 0.182. The van der Waals surface area contributed by atoms with Gasteiger partial charge in [-0.1, -0.05) is 24.3 Å². The van der Waals surface area contributed by atoms with Crippen molar-refractivity contribution in [3.05, 3.63) is 35.4 Å². The maximum atomic E-state index is 6.51. The van der Waals surface area contributed by atoms with Crippen LogP contribution in [0.1, 0.15) is 30.5 Å². The Kier molecular flexibility index (Phi) is 3.61. The van der Waals surface area contributed by atoms with Gasteiger partial charge in [0.15, 0.2) is 0 Å². The van der Waals surface area contributed by atoms with E-state index in [-0.39, 0.29) is 6.04 Å². The monoisotopic (exact) mass is 259 g/mol. The van der Waals surface area contributed by atoms with Gasteiger partial charge in [0.1, 0.15) is 0 Å². The maximum Gasteiger partial charge on any atom is 0.0459 e. The van der Waals surface area contributed by atoms with Crippen LogP contribution in [-0.4, -0.2) is 48.6 Å². The molecule has 0 aromatic heterocycles. The zero-order chi connectivity index (χ0) is 13.4. The fraction of sp³-hybridized carbons (Fsp3) is 0.625. The van der Waals surface area contributed by atoms with Gasteiger partial charge in [0.2, 0.25) is 0 Å². The lowest BCUT2D eigenvalue weighted by atomic mass is 10.1. The lowest BCUT2D eigenvalue weighted by Gasteiger charge is -2.35. The molecule has 3 atom stereocenters. The lowest BCUT2D eigenvalue weighted by molar-refractivity contribution is 0.130. The first-order valence-electron chi connectivity index (χ1n) is 7.44. The second-order valence-electron chi connectivity index (χ2n) is 6.20. The van der Waals surface area contributed by atoms with Crippen molar-refractivity contribution in [2.45, 2.75) is 37.9 Å². The topological polar surface area (TPSA) is 32.5 Å². The Bertz CT molecular complexity index is 445.